The first kappa shape index (κ1) is 20.4. The first-order valence-corrected chi connectivity index (χ1v) is 9.20. The third-order valence-corrected chi connectivity index (χ3v) is 4.95. The van der Waals surface area contributed by atoms with Gasteiger partial charge in [0, 0.05) is 12.0 Å². The van der Waals surface area contributed by atoms with E-state index in [2.05, 4.69) is 5.32 Å². The molecule has 2 atom stereocenters. The van der Waals surface area contributed by atoms with Gasteiger partial charge in [-0.25, -0.2) is 8.78 Å². The van der Waals surface area contributed by atoms with Gasteiger partial charge in [0.05, 0.1) is 5.92 Å². The summed E-state index contributed by atoms with van der Waals surface area (Å²) in [5.41, 5.74) is -0.548. The number of benzene rings is 2. The second-order valence-electron chi connectivity index (χ2n) is 8.49. The molecule has 2 unspecified atom stereocenters. The highest BCUT2D eigenvalue weighted by atomic mass is 19.1. The van der Waals surface area contributed by atoms with Crippen LogP contribution in [0.5, 0.6) is 0 Å². The van der Waals surface area contributed by atoms with Gasteiger partial charge < -0.3 is 15.2 Å². The highest BCUT2D eigenvalue weighted by Crippen LogP contribution is 2.51. The molecule has 0 aromatic heterocycles. The van der Waals surface area contributed by atoms with Crippen LogP contribution in [0.1, 0.15) is 45.2 Å². The Morgan fingerprint density at radius 1 is 1.04 bits per heavy atom. The largest absolute Gasteiger partial charge is 0.365 e. The second-order valence-corrected chi connectivity index (χ2v) is 8.49. The molecule has 0 spiro atoms. The van der Waals surface area contributed by atoms with E-state index in [0.717, 1.165) is 0 Å². The Bertz CT molecular complexity index is 809. The number of carbonyl (C=O) groups is 1. The molecular formula is C22H25F2NO3. The van der Waals surface area contributed by atoms with Crippen LogP contribution in [0.3, 0.4) is 0 Å². The van der Waals surface area contributed by atoms with Gasteiger partial charge in [-0.15, -0.1) is 0 Å². The highest BCUT2D eigenvalue weighted by molar-refractivity contribution is 5.81. The predicted octanol–water partition coefficient (Wildman–Crippen LogP) is 3.87. The molecule has 2 aromatic carbocycles. The molecule has 1 amide bonds. The van der Waals surface area contributed by atoms with Crippen molar-refractivity contribution in [1.29, 1.82) is 0 Å². The van der Waals surface area contributed by atoms with Crippen LogP contribution >= 0.6 is 0 Å². The third kappa shape index (κ3) is 3.93. The topological polar surface area (TPSA) is 58.6 Å². The lowest BCUT2D eigenvalue weighted by Gasteiger charge is -2.32. The monoisotopic (exact) mass is 389 g/mol. The van der Waals surface area contributed by atoms with Crippen molar-refractivity contribution in [3.63, 3.8) is 0 Å². The molecule has 0 aliphatic carbocycles. The summed E-state index contributed by atoms with van der Waals surface area (Å²) in [5.74, 6) is -3.81. The Balaban J connectivity index is 2.09. The molecule has 1 fully saturated rings. The van der Waals surface area contributed by atoms with Gasteiger partial charge >= 0.3 is 0 Å². The molecule has 1 saturated heterocycles. The number of ether oxygens (including phenoxy) is 1. The van der Waals surface area contributed by atoms with Crippen molar-refractivity contribution in [2.75, 3.05) is 0 Å². The number of halogens is 2. The Morgan fingerprint density at radius 3 is 1.86 bits per heavy atom. The SMILES string of the molecule is CC(C)(C)NC(=O)C1CC(c2ccc(F)cc2)(c2ccc(F)cc2)OC1(C)O. The summed E-state index contributed by atoms with van der Waals surface area (Å²) >= 11 is 0. The average molecular weight is 389 g/mol. The minimum atomic E-state index is -1.77. The lowest BCUT2D eigenvalue weighted by Crippen LogP contribution is -2.48. The summed E-state index contributed by atoms with van der Waals surface area (Å²) in [7, 11) is 0. The van der Waals surface area contributed by atoms with E-state index in [9.17, 15) is 18.7 Å². The van der Waals surface area contributed by atoms with Crippen LogP contribution in [-0.4, -0.2) is 22.3 Å². The molecule has 0 radical (unpaired) electrons. The van der Waals surface area contributed by atoms with Crippen molar-refractivity contribution >= 4 is 5.91 Å². The summed E-state index contributed by atoms with van der Waals surface area (Å²) in [6.45, 7) is 6.99. The molecule has 150 valence electrons. The van der Waals surface area contributed by atoms with Crippen LogP contribution in [0.15, 0.2) is 48.5 Å². The number of nitrogens with one attached hydrogen (secondary N) is 1. The van der Waals surface area contributed by atoms with Crippen LogP contribution in [0.25, 0.3) is 0 Å². The number of hydrogen-bond acceptors (Lipinski definition) is 3. The maximum absolute atomic E-state index is 13.5. The Morgan fingerprint density at radius 2 is 1.46 bits per heavy atom. The Kier molecular flexibility index (Phi) is 5.06. The molecule has 28 heavy (non-hydrogen) atoms. The van der Waals surface area contributed by atoms with Crippen molar-refractivity contribution < 1.29 is 23.4 Å². The molecule has 4 nitrogen and oxygen atoms in total. The van der Waals surface area contributed by atoms with E-state index in [1.807, 2.05) is 20.8 Å². The zero-order valence-electron chi connectivity index (χ0n) is 16.4. The molecule has 2 aromatic rings. The molecule has 1 aliphatic heterocycles. The summed E-state index contributed by atoms with van der Waals surface area (Å²) in [6.07, 6.45) is 0.124. The smallest absolute Gasteiger partial charge is 0.229 e. The summed E-state index contributed by atoms with van der Waals surface area (Å²) in [6, 6.07) is 11.4. The molecule has 0 bridgehead atoms. The Labute approximate surface area is 163 Å². The second kappa shape index (κ2) is 6.94. The van der Waals surface area contributed by atoms with Crippen molar-refractivity contribution in [1.82, 2.24) is 5.32 Å². The van der Waals surface area contributed by atoms with E-state index >= 15 is 0 Å². The quantitative estimate of drug-likeness (QED) is 0.838. The zero-order valence-corrected chi connectivity index (χ0v) is 16.4. The fourth-order valence-corrected chi connectivity index (χ4v) is 3.69. The fraction of sp³-hybridized carbons (Fsp3) is 0.409. The average Bonchev–Trinajstić information content (AvgIpc) is 2.87. The molecule has 6 heteroatoms. The Hall–Kier alpha value is -2.31. The van der Waals surface area contributed by atoms with Crippen molar-refractivity contribution in [3.8, 4) is 0 Å². The standard InChI is InChI=1S/C22H25F2NO3/c1-20(2,3)25-19(26)18-13-22(28-21(18,4)27,14-5-9-16(23)10-6-14)15-7-11-17(24)12-8-15/h5-12,18,27H,13H2,1-4H3,(H,25,26). The molecule has 0 saturated carbocycles. The summed E-state index contributed by atoms with van der Waals surface area (Å²) in [4.78, 5) is 12.9. The number of hydrogen-bond donors (Lipinski definition) is 2. The van der Waals surface area contributed by atoms with Gasteiger partial charge in [0.25, 0.3) is 0 Å². The van der Waals surface area contributed by atoms with Crippen molar-refractivity contribution in [2.24, 2.45) is 5.92 Å². The third-order valence-electron chi connectivity index (χ3n) is 4.95. The van der Waals surface area contributed by atoms with Crippen molar-refractivity contribution in [3.05, 3.63) is 71.3 Å². The number of rotatable bonds is 3. The first-order valence-electron chi connectivity index (χ1n) is 9.20. The van der Waals surface area contributed by atoms with E-state index < -0.39 is 34.5 Å². The fourth-order valence-electron chi connectivity index (χ4n) is 3.69. The van der Waals surface area contributed by atoms with E-state index in [0.29, 0.717) is 11.1 Å². The van der Waals surface area contributed by atoms with E-state index in [1.165, 1.54) is 31.2 Å². The highest BCUT2D eigenvalue weighted by Gasteiger charge is 2.57. The van der Waals surface area contributed by atoms with Gasteiger partial charge in [0.2, 0.25) is 5.91 Å². The maximum Gasteiger partial charge on any atom is 0.229 e. The van der Waals surface area contributed by atoms with Crippen LogP contribution in [0.4, 0.5) is 8.78 Å². The zero-order chi connectivity index (χ0) is 20.7. The lowest BCUT2D eigenvalue weighted by molar-refractivity contribution is -0.219. The van der Waals surface area contributed by atoms with Gasteiger partial charge in [-0.3, -0.25) is 4.79 Å². The predicted molar refractivity (Wildman–Crippen MR) is 101 cm³/mol. The lowest BCUT2D eigenvalue weighted by atomic mass is 9.80. The maximum atomic E-state index is 13.5. The molecule has 1 heterocycles. The molecule has 2 N–H and O–H groups in total. The minimum absolute atomic E-state index is 0.124. The van der Waals surface area contributed by atoms with Gasteiger partial charge in [-0.1, -0.05) is 24.3 Å². The van der Waals surface area contributed by atoms with Gasteiger partial charge in [0.1, 0.15) is 17.2 Å². The molecule has 1 aliphatic rings. The first-order chi connectivity index (χ1) is 12.9. The molecule has 3 rings (SSSR count). The number of aliphatic hydroxyl groups is 1. The van der Waals surface area contributed by atoms with Crippen LogP contribution in [0, 0.1) is 17.6 Å². The van der Waals surface area contributed by atoms with Crippen LogP contribution in [0.2, 0.25) is 0 Å². The van der Waals surface area contributed by atoms with Gasteiger partial charge in [0.15, 0.2) is 5.79 Å². The van der Waals surface area contributed by atoms with Gasteiger partial charge in [-0.2, -0.15) is 0 Å². The van der Waals surface area contributed by atoms with Crippen LogP contribution < -0.4 is 5.32 Å². The number of amides is 1. The van der Waals surface area contributed by atoms with E-state index in [1.54, 1.807) is 24.3 Å². The van der Waals surface area contributed by atoms with E-state index in [-0.39, 0.29) is 12.3 Å². The minimum Gasteiger partial charge on any atom is -0.365 e. The number of carbonyl (C=O) groups excluding carboxylic acids is 1. The van der Waals surface area contributed by atoms with Crippen molar-refractivity contribution in [2.45, 2.75) is 51.0 Å². The summed E-state index contributed by atoms with van der Waals surface area (Å²) in [5, 5.41) is 13.8. The normalized spacial score (nSPS) is 24.2. The molecular weight excluding hydrogens is 364 g/mol. The van der Waals surface area contributed by atoms with Crippen LogP contribution in [-0.2, 0) is 15.1 Å². The summed E-state index contributed by atoms with van der Waals surface area (Å²) < 4.78 is 33.1. The van der Waals surface area contributed by atoms with E-state index in [4.69, 9.17) is 4.74 Å². The van der Waals surface area contributed by atoms with Gasteiger partial charge in [-0.05, 0) is 63.1 Å².